The van der Waals surface area contributed by atoms with Gasteiger partial charge in [0.15, 0.2) is 6.29 Å². The number of methoxy groups -OCH3 is 3. The van der Waals surface area contributed by atoms with Gasteiger partial charge in [0.1, 0.15) is 11.7 Å². The van der Waals surface area contributed by atoms with Gasteiger partial charge in [-0.3, -0.25) is 0 Å². The molecule has 0 saturated heterocycles. The maximum absolute atomic E-state index is 5.98. The van der Waals surface area contributed by atoms with Crippen LogP contribution in [0.3, 0.4) is 0 Å². The third kappa shape index (κ3) is 3.84. The smallest absolute Gasteiger partial charge is 0.180 e. The minimum atomic E-state index is -0.510. The van der Waals surface area contributed by atoms with E-state index in [1.165, 1.54) is 0 Å². The van der Waals surface area contributed by atoms with Crippen molar-refractivity contribution in [3.05, 3.63) is 54.1 Å². The lowest BCUT2D eigenvalue weighted by Crippen LogP contribution is -2.43. The first-order chi connectivity index (χ1) is 10.6. The van der Waals surface area contributed by atoms with Crippen LogP contribution in [-0.4, -0.2) is 45.9 Å². The fourth-order valence-electron chi connectivity index (χ4n) is 2.37. The number of rotatable bonds is 7. The Kier molecular flexibility index (Phi) is 5.91. The fourth-order valence-corrected chi connectivity index (χ4v) is 2.37. The van der Waals surface area contributed by atoms with E-state index in [-0.39, 0.29) is 12.4 Å². The van der Waals surface area contributed by atoms with Gasteiger partial charge in [-0.05, 0) is 30.2 Å². The molecule has 0 fully saturated rings. The monoisotopic (exact) mass is 304 g/mol. The van der Waals surface area contributed by atoms with Crippen LogP contribution in [0.1, 0.15) is 12.5 Å². The van der Waals surface area contributed by atoms with Crippen molar-refractivity contribution in [1.29, 1.82) is 0 Å². The average Bonchev–Trinajstić information content (AvgIpc) is 2.58. The molecule has 22 heavy (non-hydrogen) atoms. The van der Waals surface area contributed by atoms with E-state index < -0.39 is 5.60 Å². The number of hydrogen-bond acceptors (Lipinski definition) is 4. The highest BCUT2D eigenvalue weighted by atomic mass is 16.7. The highest BCUT2D eigenvalue weighted by Crippen LogP contribution is 2.31. The van der Waals surface area contributed by atoms with Gasteiger partial charge in [-0.1, -0.05) is 36.4 Å². The van der Waals surface area contributed by atoms with Gasteiger partial charge in [0, 0.05) is 21.3 Å². The van der Waals surface area contributed by atoms with Gasteiger partial charge < -0.3 is 18.9 Å². The van der Waals surface area contributed by atoms with E-state index in [1.807, 2.05) is 31.2 Å². The van der Waals surface area contributed by atoms with Crippen LogP contribution < -0.4 is 0 Å². The van der Waals surface area contributed by atoms with E-state index in [1.54, 1.807) is 21.3 Å². The Balaban J connectivity index is 2.18. The Labute approximate surface area is 132 Å². The topological polar surface area (TPSA) is 36.9 Å². The van der Waals surface area contributed by atoms with Crippen molar-refractivity contribution >= 4 is 5.57 Å². The van der Waals surface area contributed by atoms with Gasteiger partial charge in [0.05, 0.1) is 6.61 Å². The summed E-state index contributed by atoms with van der Waals surface area (Å²) >= 11 is 0. The Morgan fingerprint density at radius 1 is 1.09 bits per heavy atom. The van der Waals surface area contributed by atoms with E-state index in [9.17, 15) is 0 Å². The zero-order valence-electron chi connectivity index (χ0n) is 13.6. The quantitative estimate of drug-likeness (QED) is 0.726. The molecule has 1 aromatic rings. The molecule has 2 rings (SSSR count). The SMILES string of the molecule is COC(COC1C=C(c2ccccc2)C=CC1(C)OC)OC. The lowest BCUT2D eigenvalue weighted by Gasteiger charge is -2.35. The van der Waals surface area contributed by atoms with Crippen molar-refractivity contribution in [2.75, 3.05) is 27.9 Å². The molecular weight excluding hydrogens is 280 g/mol. The molecule has 0 saturated carbocycles. The van der Waals surface area contributed by atoms with Crippen LogP contribution in [0.25, 0.3) is 5.57 Å². The fraction of sp³-hybridized carbons (Fsp3) is 0.444. The predicted octanol–water partition coefficient (Wildman–Crippen LogP) is 3.05. The van der Waals surface area contributed by atoms with E-state index in [4.69, 9.17) is 18.9 Å². The molecular formula is C18H24O4. The van der Waals surface area contributed by atoms with E-state index in [0.717, 1.165) is 11.1 Å². The zero-order chi connectivity index (χ0) is 16.0. The van der Waals surface area contributed by atoms with Crippen molar-refractivity contribution in [1.82, 2.24) is 0 Å². The summed E-state index contributed by atoms with van der Waals surface area (Å²) in [5, 5.41) is 0. The summed E-state index contributed by atoms with van der Waals surface area (Å²) in [4.78, 5) is 0. The Hall–Kier alpha value is -1.46. The van der Waals surface area contributed by atoms with Gasteiger partial charge in [-0.2, -0.15) is 0 Å². The molecule has 0 heterocycles. The predicted molar refractivity (Wildman–Crippen MR) is 86.5 cm³/mol. The maximum atomic E-state index is 5.98. The number of benzene rings is 1. The van der Waals surface area contributed by atoms with Crippen LogP contribution in [0.15, 0.2) is 48.6 Å². The second kappa shape index (κ2) is 7.70. The van der Waals surface area contributed by atoms with Crippen molar-refractivity contribution < 1.29 is 18.9 Å². The first-order valence-corrected chi connectivity index (χ1v) is 7.31. The third-order valence-electron chi connectivity index (χ3n) is 3.97. The molecule has 0 bridgehead atoms. The molecule has 1 aliphatic carbocycles. The number of ether oxygens (including phenoxy) is 4. The zero-order valence-corrected chi connectivity index (χ0v) is 13.6. The number of hydrogen-bond donors (Lipinski definition) is 0. The van der Waals surface area contributed by atoms with Gasteiger partial charge in [-0.25, -0.2) is 0 Å². The van der Waals surface area contributed by atoms with Crippen molar-refractivity contribution in [2.24, 2.45) is 0 Å². The Morgan fingerprint density at radius 2 is 1.77 bits per heavy atom. The first-order valence-electron chi connectivity index (χ1n) is 7.31. The molecule has 0 aromatic heterocycles. The molecule has 2 unspecified atom stereocenters. The van der Waals surface area contributed by atoms with Gasteiger partial charge in [0.25, 0.3) is 0 Å². The van der Waals surface area contributed by atoms with Gasteiger partial charge >= 0.3 is 0 Å². The molecule has 1 aromatic carbocycles. The molecule has 0 aliphatic heterocycles. The lowest BCUT2D eigenvalue weighted by atomic mass is 9.88. The molecule has 4 nitrogen and oxygen atoms in total. The van der Waals surface area contributed by atoms with Crippen LogP contribution in [0.2, 0.25) is 0 Å². The van der Waals surface area contributed by atoms with Crippen LogP contribution in [-0.2, 0) is 18.9 Å². The lowest BCUT2D eigenvalue weighted by molar-refractivity contribution is -0.165. The van der Waals surface area contributed by atoms with E-state index in [2.05, 4.69) is 24.3 Å². The van der Waals surface area contributed by atoms with Crippen LogP contribution in [0.5, 0.6) is 0 Å². The van der Waals surface area contributed by atoms with Crippen molar-refractivity contribution in [3.63, 3.8) is 0 Å². The first kappa shape index (κ1) is 16.9. The molecule has 0 N–H and O–H groups in total. The summed E-state index contributed by atoms with van der Waals surface area (Å²) in [6.07, 6.45) is 5.59. The highest BCUT2D eigenvalue weighted by Gasteiger charge is 2.34. The van der Waals surface area contributed by atoms with Crippen molar-refractivity contribution in [2.45, 2.75) is 24.9 Å². The standard InChI is InChI=1S/C18H24O4/c1-18(21-4)11-10-15(14-8-6-5-7-9-14)12-16(18)22-13-17(19-2)20-3/h5-12,16-17H,13H2,1-4H3. The summed E-state index contributed by atoms with van der Waals surface area (Å²) < 4.78 is 22.0. The van der Waals surface area contributed by atoms with E-state index in [0.29, 0.717) is 6.61 Å². The molecule has 0 radical (unpaired) electrons. The Bertz CT molecular complexity index is 519. The second-order valence-electron chi connectivity index (χ2n) is 5.36. The second-order valence-corrected chi connectivity index (χ2v) is 5.36. The molecule has 120 valence electrons. The highest BCUT2D eigenvalue weighted by molar-refractivity contribution is 5.76. The Morgan fingerprint density at radius 3 is 2.36 bits per heavy atom. The maximum Gasteiger partial charge on any atom is 0.180 e. The summed E-state index contributed by atoms with van der Waals surface area (Å²) in [6.45, 7) is 2.34. The largest absolute Gasteiger partial charge is 0.371 e. The summed E-state index contributed by atoms with van der Waals surface area (Å²) in [7, 11) is 4.88. The average molecular weight is 304 g/mol. The summed E-state index contributed by atoms with van der Waals surface area (Å²) in [6, 6.07) is 10.2. The van der Waals surface area contributed by atoms with Gasteiger partial charge in [0.2, 0.25) is 0 Å². The van der Waals surface area contributed by atoms with E-state index >= 15 is 0 Å². The summed E-state index contributed by atoms with van der Waals surface area (Å²) in [5.74, 6) is 0. The van der Waals surface area contributed by atoms with Crippen LogP contribution in [0.4, 0.5) is 0 Å². The van der Waals surface area contributed by atoms with Crippen LogP contribution in [0, 0.1) is 0 Å². The van der Waals surface area contributed by atoms with Gasteiger partial charge in [-0.15, -0.1) is 0 Å². The molecule has 0 amide bonds. The molecule has 2 atom stereocenters. The molecule has 4 heteroatoms. The minimum absolute atomic E-state index is 0.217. The third-order valence-corrected chi connectivity index (χ3v) is 3.97. The van der Waals surface area contributed by atoms with Crippen molar-refractivity contribution in [3.8, 4) is 0 Å². The normalized spacial score (nSPS) is 24.6. The molecule has 0 spiro atoms. The number of allylic oxidation sites excluding steroid dienone is 2. The summed E-state index contributed by atoms with van der Waals surface area (Å²) in [5.41, 5.74) is 1.76. The van der Waals surface area contributed by atoms with Crippen LogP contribution >= 0.6 is 0 Å². The minimum Gasteiger partial charge on any atom is -0.371 e. The molecule has 1 aliphatic rings.